The highest BCUT2D eigenvalue weighted by Gasteiger charge is 2.75. The molecule has 0 bridgehead atoms. The van der Waals surface area contributed by atoms with Crippen molar-refractivity contribution in [1.29, 1.82) is 0 Å². The van der Waals surface area contributed by atoms with E-state index in [1.54, 1.807) is 27.7 Å². The number of rotatable bonds is 1. The molecule has 0 spiro atoms. The van der Waals surface area contributed by atoms with Crippen molar-refractivity contribution < 1.29 is 19.1 Å². The Labute approximate surface area is 131 Å². The van der Waals surface area contributed by atoms with E-state index in [-0.39, 0.29) is 11.9 Å². The molecule has 5 heteroatoms. The van der Waals surface area contributed by atoms with Gasteiger partial charge in [-0.1, -0.05) is 28.1 Å². The first-order chi connectivity index (χ1) is 9.64. The number of carbonyl (C=O) groups is 2. The number of ether oxygens (including phenoxy) is 2. The number of hydrogen-bond donors (Lipinski definition) is 0. The number of halogens is 1. The Balaban J connectivity index is 2.26. The zero-order valence-electron chi connectivity index (χ0n) is 12.4. The van der Waals surface area contributed by atoms with E-state index in [1.165, 1.54) is 0 Å². The summed E-state index contributed by atoms with van der Waals surface area (Å²) in [6.07, 6.45) is -0.624. The molecule has 3 rings (SSSR count). The number of esters is 2. The highest BCUT2D eigenvalue weighted by Crippen LogP contribution is 2.61. The van der Waals surface area contributed by atoms with Crippen molar-refractivity contribution in [3.63, 3.8) is 0 Å². The standard InChI is InChI=1S/C16H17BrO4/c1-14(2)11-16(21-12(14)18,15(3,4)13(19)20-11)9-5-7-10(17)8-6-9/h5-8,11H,1-4H3/t11-,16+/m0/s1. The summed E-state index contributed by atoms with van der Waals surface area (Å²) in [5.74, 6) is -0.674. The molecule has 2 aliphatic heterocycles. The highest BCUT2D eigenvalue weighted by molar-refractivity contribution is 9.10. The molecule has 21 heavy (non-hydrogen) atoms. The van der Waals surface area contributed by atoms with Crippen molar-refractivity contribution in [2.75, 3.05) is 0 Å². The van der Waals surface area contributed by atoms with Crippen molar-refractivity contribution in [2.24, 2.45) is 10.8 Å². The SMILES string of the molecule is CC1(C)C(=O)O[C@]2(c3ccc(Br)cc3)[C@H]1OC(=O)C2(C)C. The normalized spacial score (nSPS) is 32.5. The van der Waals surface area contributed by atoms with Crippen LogP contribution >= 0.6 is 15.9 Å². The van der Waals surface area contributed by atoms with Gasteiger partial charge in [0.05, 0.1) is 0 Å². The highest BCUT2D eigenvalue weighted by atomic mass is 79.9. The van der Waals surface area contributed by atoms with Crippen molar-refractivity contribution in [3.8, 4) is 0 Å². The van der Waals surface area contributed by atoms with E-state index in [4.69, 9.17) is 9.47 Å². The minimum Gasteiger partial charge on any atom is -0.456 e. The van der Waals surface area contributed by atoms with E-state index < -0.39 is 22.5 Å². The summed E-state index contributed by atoms with van der Waals surface area (Å²) in [5.41, 5.74) is -2.10. The minimum atomic E-state index is -1.08. The van der Waals surface area contributed by atoms with Crippen LogP contribution in [0.25, 0.3) is 0 Å². The van der Waals surface area contributed by atoms with Crippen molar-refractivity contribution >= 4 is 27.9 Å². The second-order valence-corrected chi connectivity index (χ2v) is 7.68. The van der Waals surface area contributed by atoms with Crippen LogP contribution in [0.4, 0.5) is 0 Å². The molecule has 2 atom stereocenters. The Morgan fingerprint density at radius 2 is 1.57 bits per heavy atom. The first kappa shape index (κ1) is 14.6. The van der Waals surface area contributed by atoms with E-state index in [0.29, 0.717) is 0 Å². The van der Waals surface area contributed by atoms with Crippen molar-refractivity contribution in [3.05, 3.63) is 34.3 Å². The zero-order chi connectivity index (χ0) is 15.6. The molecule has 0 aliphatic carbocycles. The van der Waals surface area contributed by atoms with Crippen LogP contribution in [0.2, 0.25) is 0 Å². The van der Waals surface area contributed by atoms with Gasteiger partial charge in [0.15, 0.2) is 11.7 Å². The van der Waals surface area contributed by atoms with Crippen LogP contribution in [0.5, 0.6) is 0 Å². The number of hydrogen-bond acceptors (Lipinski definition) is 4. The third kappa shape index (κ3) is 1.61. The summed E-state index contributed by atoms with van der Waals surface area (Å²) < 4.78 is 12.3. The summed E-state index contributed by atoms with van der Waals surface area (Å²) in [7, 11) is 0. The third-order valence-electron chi connectivity index (χ3n) is 4.74. The van der Waals surface area contributed by atoms with Gasteiger partial charge in [0.2, 0.25) is 0 Å². The van der Waals surface area contributed by atoms with Crippen molar-refractivity contribution in [1.82, 2.24) is 0 Å². The Bertz CT molecular complexity index is 630. The number of fused-ring (bicyclic) bond motifs is 1. The lowest BCUT2D eigenvalue weighted by atomic mass is 9.66. The molecule has 2 fully saturated rings. The van der Waals surface area contributed by atoms with Gasteiger partial charge in [-0.3, -0.25) is 9.59 Å². The zero-order valence-corrected chi connectivity index (χ0v) is 14.0. The topological polar surface area (TPSA) is 52.6 Å². The Morgan fingerprint density at radius 1 is 1.00 bits per heavy atom. The largest absolute Gasteiger partial charge is 0.456 e. The second kappa shape index (κ2) is 4.09. The van der Waals surface area contributed by atoms with E-state index >= 15 is 0 Å². The first-order valence-corrected chi connectivity index (χ1v) is 7.64. The van der Waals surface area contributed by atoms with Crippen LogP contribution in [-0.4, -0.2) is 18.0 Å². The molecule has 1 aromatic carbocycles. The maximum absolute atomic E-state index is 12.3. The smallest absolute Gasteiger partial charge is 0.316 e. The molecule has 0 aromatic heterocycles. The fourth-order valence-electron chi connectivity index (χ4n) is 3.31. The maximum Gasteiger partial charge on any atom is 0.316 e. The van der Waals surface area contributed by atoms with Gasteiger partial charge in [-0.2, -0.15) is 0 Å². The van der Waals surface area contributed by atoms with Crippen LogP contribution < -0.4 is 0 Å². The lowest BCUT2D eigenvalue weighted by Gasteiger charge is -2.36. The maximum atomic E-state index is 12.3. The van der Waals surface area contributed by atoms with Crippen molar-refractivity contribution in [2.45, 2.75) is 39.4 Å². The van der Waals surface area contributed by atoms with Crippen LogP contribution in [0.3, 0.4) is 0 Å². The molecular formula is C16H17BrO4. The van der Waals surface area contributed by atoms with Gasteiger partial charge in [-0.25, -0.2) is 0 Å². The van der Waals surface area contributed by atoms with Gasteiger partial charge in [0.1, 0.15) is 10.8 Å². The molecule has 0 unspecified atom stereocenters. The van der Waals surface area contributed by atoms with Gasteiger partial charge in [0.25, 0.3) is 0 Å². The fourth-order valence-corrected chi connectivity index (χ4v) is 3.57. The third-order valence-corrected chi connectivity index (χ3v) is 5.27. The Hall–Kier alpha value is -1.36. The van der Waals surface area contributed by atoms with Gasteiger partial charge >= 0.3 is 11.9 Å². The van der Waals surface area contributed by atoms with Gasteiger partial charge < -0.3 is 9.47 Å². The predicted molar refractivity (Wildman–Crippen MR) is 79.4 cm³/mol. The summed E-state index contributed by atoms with van der Waals surface area (Å²) in [6, 6.07) is 7.49. The molecule has 0 N–H and O–H groups in total. The molecule has 0 saturated carbocycles. The van der Waals surface area contributed by atoms with Gasteiger partial charge in [0, 0.05) is 10.0 Å². The lowest BCUT2D eigenvalue weighted by Crippen LogP contribution is -2.47. The predicted octanol–water partition coefficient (Wildman–Crippen LogP) is 3.18. The fraction of sp³-hybridized carbons (Fsp3) is 0.500. The molecule has 112 valence electrons. The minimum absolute atomic E-state index is 0.337. The quantitative estimate of drug-likeness (QED) is 0.728. The summed E-state index contributed by atoms with van der Waals surface area (Å²) in [5, 5.41) is 0. The molecular weight excluding hydrogens is 336 g/mol. The summed E-state index contributed by atoms with van der Waals surface area (Å²) in [4.78, 5) is 24.7. The molecule has 1 aromatic rings. The van der Waals surface area contributed by atoms with E-state index in [1.807, 2.05) is 24.3 Å². The second-order valence-electron chi connectivity index (χ2n) is 6.76. The van der Waals surface area contributed by atoms with E-state index in [2.05, 4.69) is 15.9 Å². The number of benzene rings is 1. The summed E-state index contributed by atoms with van der Waals surface area (Å²) in [6.45, 7) is 7.06. The molecule has 2 aliphatic rings. The van der Waals surface area contributed by atoms with E-state index in [9.17, 15) is 9.59 Å². The summed E-state index contributed by atoms with van der Waals surface area (Å²) >= 11 is 3.39. The number of carbonyl (C=O) groups excluding carboxylic acids is 2. The molecule has 0 radical (unpaired) electrons. The molecule has 2 heterocycles. The van der Waals surface area contributed by atoms with Crippen LogP contribution in [0, 0.1) is 10.8 Å². The molecule has 2 saturated heterocycles. The lowest BCUT2D eigenvalue weighted by molar-refractivity contribution is -0.166. The van der Waals surface area contributed by atoms with Crippen LogP contribution in [0.15, 0.2) is 28.7 Å². The monoisotopic (exact) mass is 352 g/mol. The van der Waals surface area contributed by atoms with Crippen LogP contribution in [0.1, 0.15) is 33.3 Å². The van der Waals surface area contributed by atoms with Crippen LogP contribution in [-0.2, 0) is 24.7 Å². The Kier molecular flexibility index (Phi) is 2.84. The van der Waals surface area contributed by atoms with E-state index in [0.717, 1.165) is 10.0 Å². The Morgan fingerprint density at radius 3 is 2.14 bits per heavy atom. The molecule has 4 nitrogen and oxygen atoms in total. The van der Waals surface area contributed by atoms with Gasteiger partial charge in [-0.15, -0.1) is 0 Å². The first-order valence-electron chi connectivity index (χ1n) is 6.84. The average molecular weight is 353 g/mol. The average Bonchev–Trinajstić information content (AvgIpc) is 2.73. The van der Waals surface area contributed by atoms with Gasteiger partial charge in [-0.05, 0) is 39.8 Å². The molecule has 0 amide bonds.